The number of carbonyl (C=O) groups excluding carboxylic acids is 1. The van der Waals surface area contributed by atoms with Crippen molar-refractivity contribution in [3.63, 3.8) is 0 Å². The first-order valence-corrected chi connectivity index (χ1v) is 11.3. The van der Waals surface area contributed by atoms with E-state index in [1.54, 1.807) is 6.07 Å². The van der Waals surface area contributed by atoms with E-state index in [-0.39, 0.29) is 5.91 Å². The van der Waals surface area contributed by atoms with Gasteiger partial charge in [-0.25, -0.2) is 0 Å². The van der Waals surface area contributed by atoms with Crippen molar-refractivity contribution in [3.05, 3.63) is 46.8 Å². The molecule has 29 heavy (non-hydrogen) atoms. The second-order valence-corrected chi connectivity index (χ2v) is 8.39. The van der Waals surface area contributed by atoms with Crippen LogP contribution in [0.3, 0.4) is 0 Å². The number of ether oxygens (including phenoxy) is 1. The van der Waals surface area contributed by atoms with Gasteiger partial charge >= 0.3 is 0 Å². The summed E-state index contributed by atoms with van der Waals surface area (Å²) in [5.74, 6) is 1.69. The highest BCUT2D eigenvalue weighted by Gasteiger charge is 2.19. The number of aryl methyl sites for hydroxylation is 1. The monoisotopic (exact) mass is 411 g/mol. The van der Waals surface area contributed by atoms with Crippen LogP contribution in [-0.4, -0.2) is 37.0 Å². The van der Waals surface area contributed by atoms with Crippen LogP contribution in [0.25, 0.3) is 0 Å². The number of piperidine rings is 1. The molecule has 3 rings (SSSR count). The van der Waals surface area contributed by atoms with Crippen molar-refractivity contribution in [2.75, 3.05) is 31.6 Å². The Hall–Kier alpha value is -2.36. The maximum atomic E-state index is 12.2. The number of hydrogen-bond donors (Lipinski definition) is 1. The number of benzene rings is 1. The van der Waals surface area contributed by atoms with Crippen LogP contribution in [0.15, 0.2) is 35.7 Å². The zero-order valence-electron chi connectivity index (χ0n) is 17.0. The molecule has 0 bridgehead atoms. The normalized spacial score (nSPS) is 15.0. The number of rotatable bonds is 9. The minimum absolute atomic E-state index is 0.0124. The Kier molecular flexibility index (Phi) is 8.09. The van der Waals surface area contributed by atoms with Crippen molar-refractivity contribution in [1.29, 1.82) is 5.26 Å². The van der Waals surface area contributed by atoms with E-state index < -0.39 is 0 Å². The lowest BCUT2D eigenvalue weighted by atomic mass is 9.90. The van der Waals surface area contributed by atoms with Gasteiger partial charge in [-0.1, -0.05) is 12.1 Å². The van der Waals surface area contributed by atoms with E-state index in [0.29, 0.717) is 23.6 Å². The van der Waals surface area contributed by atoms with Crippen LogP contribution in [0.5, 0.6) is 5.75 Å². The Morgan fingerprint density at radius 2 is 2.03 bits per heavy atom. The smallest absolute Gasteiger partial charge is 0.226 e. The van der Waals surface area contributed by atoms with Crippen LogP contribution < -0.4 is 10.1 Å². The van der Waals surface area contributed by atoms with Gasteiger partial charge in [-0.3, -0.25) is 4.79 Å². The van der Waals surface area contributed by atoms with Gasteiger partial charge in [0.2, 0.25) is 5.91 Å². The van der Waals surface area contributed by atoms with Gasteiger partial charge in [-0.15, -0.1) is 11.3 Å². The Morgan fingerprint density at radius 1 is 1.28 bits per heavy atom. The maximum absolute atomic E-state index is 12.2. The molecule has 0 unspecified atom stereocenters. The molecule has 1 aliphatic rings. The summed E-state index contributed by atoms with van der Waals surface area (Å²) in [7, 11) is 0. The summed E-state index contributed by atoms with van der Waals surface area (Å²) in [6, 6.07) is 12.3. The molecule has 5 nitrogen and oxygen atoms in total. The van der Waals surface area contributed by atoms with Crippen molar-refractivity contribution in [1.82, 2.24) is 4.90 Å². The molecule has 1 amide bonds. The largest absolute Gasteiger partial charge is 0.494 e. The van der Waals surface area contributed by atoms with Crippen molar-refractivity contribution < 1.29 is 9.53 Å². The molecule has 2 aromatic rings. The summed E-state index contributed by atoms with van der Waals surface area (Å²) < 4.78 is 5.50. The molecule has 0 atom stereocenters. The molecule has 2 heterocycles. The Labute approximate surface area is 177 Å². The standard InChI is InChI=1S/C23H29N3O2S/c1-2-28-21-7-5-18(6-8-21)3-4-19-9-13-26(14-10-19)15-11-22(27)25-23-20(17-24)12-16-29-23/h5-8,12,16,19H,2-4,9-11,13-15H2,1H3,(H,25,27). The topological polar surface area (TPSA) is 65.4 Å². The first-order chi connectivity index (χ1) is 14.2. The Bertz CT molecular complexity index is 817. The summed E-state index contributed by atoms with van der Waals surface area (Å²) in [5.41, 5.74) is 1.91. The number of anilines is 1. The summed E-state index contributed by atoms with van der Waals surface area (Å²) in [5, 5.41) is 14.4. The number of nitriles is 1. The van der Waals surface area contributed by atoms with Gasteiger partial charge in [0, 0.05) is 13.0 Å². The number of likely N-dealkylation sites (tertiary alicyclic amines) is 1. The quantitative estimate of drug-likeness (QED) is 0.650. The zero-order chi connectivity index (χ0) is 20.5. The molecule has 1 N–H and O–H groups in total. The molecule has 0 spiro atoms. The lowest BCUT2D eigenvalue weighted by molar-refractivity contribution is -0.116. The van der Waals surface area contributed by atoms with E-state index in [0.717, 1.165) is 37.7 Å². The molecule has 1 aliphatic heterocycles. The lowest BCUT2D eigenvalue weighted by Crippen LogP contribution is -2.35. The molecule has 1 fully saturated rings. The lowest BCUT2D eigenvalue weighted by Gasteiger charge is -2.31. The fourth-order valence-electron chi connectivity index (χ4n) is 3.73. The van der Waals surface area contributed by atoms with Gasteiger partial charge in [-0.05, 0) is 80.8 Å². The van der Waals surface area contributed by atoms with Crippen LogP contribution in [0.2, 0.25) is 0 Å². The predicted molar refractivity (Wildman–Crippen MR) is 117 cm³/mol. The minimum atomic E-state index is -0.0124. The Balaban J connectivity index is 1.33. The van der Waals surface area contributed by atoms with Crippen LogP contribution in [0.1, 0.15) is 43.7 Å². The first kappa shape index (κ1) is 21.4. The van der Waals surface area contributed by atoms with E-state index in [1.807, 2.05) is 12.3 Å². The minimum Gasteiger partial charge on any atom is -0.494 e. The molecule has 154 valence electrons. The number of carbonyl (C=O) groups is 1. The highest BCUT2D eigenvalue weighted by atomic mass is 32.1. The van der Waals surface area contributed by atoms with Crippen LogP contribution in [0, 0.1) is 17.2 Å². The fraction of sp³-hybridized carbons (Fsp3) is 0.478. The van der Waals surface area contributed by atoms with Gasteiger partial charge in [0.05, 0.1) is 12.2 Å². The average Bonchev–Trinajstić information content (AvgIpc) is 3.20. The summed E-state index contributed by atoms with van der Waals surface area (Å²) in [4.78, 5) is 14.5. The van der Waals surface area contributed by atoms with E-state index in [4.69, 9.17) is 10.00 Å². The highest BCUT2D eigenvalue weighted by Crippen LogP contribution is 2.24. The zero-order valence-corrected chi connectivity index (χ0v) is 17.8. The van der Waals surface area contributed by atoms with E-state index in [1.165, 1.54) is 36.2 Å². The predicted octanol–water partition coefficient (Wildman–Crippen LogP) is 4.69. The number of nitrogens with zero attached hydrogens (tertiary/aromatic N) is 2. The number of hydrogen-bond acceptors (Lipinski definition) is 5. The maximum Gasteiger partial charge on any atom is 0.226 e. The molecule has 1 saturated heterocycles. The molecule has 0 aliphatic carbocycles. The van der Waals surface area contributed by atoms with Gasteiger partial charge in [-0.2, -0.15) is 5.26 Å². The highest BCUT2D eigenvalue weighted by molar-refractivity contribution is 7.14. The van der Waals surface area contributed by atoms with Gasteiger partial charge in [0.25, 0.3) is 0 Å². The van der Waals surface area contributed by atoms with Crippen LogP contribution in [-0.2, 0) is 11.2 Å². The summed E-state index contributed by atoms with van der Waals surface area (Å²) >= 11 is 1.40. The summed E-state index contributed by atoms with van der Waals surface area (Å²) in [6.07, 6.45) is 5.20. The molecule has 0 radical (unpaired) electrons. The van der Waals surface area contributed by atoms with E-state index >= 15 is 0 Å². The molecular weight excluding hydrogens is 382 g/mol. The van der Waals surface area contributed by atoms with Crippen molar-refractivity contribution in [2.45, 2.75) is 39.0 Å². The SMILES string of the molecule is CCOc1ccc(CCC2CCN(CCC(=O)Nc3sccc3C#N)CC2)cc1. The van der Waals surface area contributed by atoms with Crippen molar-refractivity contribution >= 4 is 22.2 Å². The molecular formula is C23H29N3O2S. The molecule has 1 aromatic carbocycles. The number of nitrogens with one attached hydrogen (secondary N) is 1. The molecule has 1 aromatic heterocycles. The second-order valence-electron chi connectivity index (χ2n) is 7.47. The third-order valence-electron chi connectivity index (χ3n) is 5.48. The molecule has 0 saturated carbocycles. The van der Waals surface area contributed by atoms with Gasteiger partial charge < -0.3 is 15.0 Å². The first-order valence-electron chi connectivity index (χ1n) is 10.4. The van der Waals surface area contributed by atoms with Crippen molar-refractivity contribution in [2.24, 2.45) is 5.92 Å². The third-order valence-corrected chi connectivity index (χ3v) is 6.31. The molecule has 6 heteroatoms. The van der Waals surface area contributed by atoms with Crippen molar-refractivity contribution in [3.8, 4) is 11.8 Å². The number of thiophene rings is 1. The summed E-state index contributed by atoms with van der Waals surface area (Å²) in [6.45, 7) is 5.60. The van der Waals surface area contributed by atoms with E-state index in [9.17, 15) is 4.79 Å². The van der Waals surface area contributed by atoms with E-state index in [2.05, 4.69) is 40.6 Å². The van der Waals surface area contributed by atoms with Gasteiger partial charge in [0.15, 0.2) is 0 Å². The Morgan fingerprint density at radius 3 is 2.72 bits per heavy atom. The van der Waals surface area contributed by atoms with Gasteiger partial charge in [0.1, 0.15) is 16.8 Å². The van der Waals surface area contributed by atoms with Crippen LogP contribution in [0.4, 0.5) is 5.00 Å². The van der Waals surface area contributed by atoms with Crippen LogP contribution >= 0.6 is 11.3 Å². The third kappa shape index (κ3) is 6.59. The fourth-order valence-corrected chi connectivity index (χ4v) is 4.49. The average molecular weight is 412 g/mol. The number of amides is 1. The second kappa shape index (κ2) is 11.0.